The predicted molar refractivity (Wildman–Crippen MR) is 169 cm³/mol. The number of aliphatic hydroxyl groups is 2. The largest absolute Gasteiger partial charge is 0.481 e. The molecule has 7 amide bonds. The Balaban J connectivity index is 3.04. The molecule has 0 aliphatic carbocycles. The fraction of sp³-hybridized carbons (Fsp3) is 0.667. The van der Waals surface area contributed by atoms with Gasteiger partial charge in [0.25, 0.3) is 0 Å². The van der Waals surface area contributed by atoms with Crippen LogP contribution in [0.1, 0.15) is 39.0 Å². The van der Waals surface area contributed by atoms with Crippen LogP contribution < -0.4 is 38.1 Å². The number of hydrogen-bond donors (Lipinski definition) is 11. The number of nitrogens with two attached hydrogens (primary N) is 2. The van der Waals surface area contributed by atoms with Crippen LogP contribution in [0.3, 0.4) is 0 Å². The Morgan fingerprint density at radius 1 is 0.796 bits per heavy atom. The fourth-order valence-electron chi connectivity index (χ4n) is 4.57. The van der Waals surface area contributed by atoms with Gasteiger partial charge < -0.3 is 63.4 Å². The molecule has 0 bridgehead atoms. The molecular weight excluding hydrogens is 676 g/mol. The summed E-state index contributed by atoms with van der Waals surface area (Å²) < 4.78 is 0. The van der Waals surface area contributed by atoms with Crippen molar-refractivity contribution >= 4 is 65.1 Å². The van der Waals surface area contributed by atoms with Crippen molar-refractivity contribution in [2.45, 2.75) is 81.3 Å². The molecule has 13 N–H and O–H groups in total. The van der Waals surface area contributed by atoms with Crippen molar-refractivity contribution in [3.05, 3.63) is 0 Å². The summed E-state index contributed by atoms with van der Waals surface area (Å²) in [4.78, 5) is 112. The summed E-state index contributed by atoms with van der Waals surface area (Å²) in [5, 5.41) is 48.2. The lowest BCUT2D eigenvalue weighted by molar-refractivity contribution is -0.144. The molecule has 22 heteroatoms. The molecule has 0 aromatic heterocycles. The first-order valence-electron chi connectivity index (χ1n) is 15.0. The quantitative estimate of drug-likeness (QED) is 0.0526. The number of carboxylic acid groups (broad SMARTS) is 2. The molecule has 0 aromatic carbocycles. The number of amides is 7. The molecule has 0 saturated carbocycles. The molecule has 1 aliphatic rings. The van der Waals surface area contributed by atoms with Gasteiger partial charge in [-0.2, -0.15) is 11.8 Å². The van der Waals surface area contributed by atoms with Gasteiger partial charge in [0.1, 0.15) is 36.3 Å². The van der Waals surface area contributed by atoms with Gasteiger partial charge in [-0.1, -0.05) is 0 Å². The average Bonchev–Trinajstić information content (AvgIpc) is 3.52. The summed E-state index contributed by atoms with van der Waals surface area (Å²) in [6.45, 7) is -0.576. The summed E-state index contributed by atoms with van der Waals surface area (Å²) in [6, 6.07) is -10.2. The van der Waals surface area contributed by atoms with E-state index in [2.05, 4.69) is 26.6 Å². The van der Waals surface area contributed by atoms with E-state index in [-0.39, 0.29) is 19.4 Å². The van der Waals surface area contributed by atoms with Gasteiger partial charge in [0, 0.05) is 6.54 Å². The molecule has 1 rings (SSSR count). The van der Waals surface area contributed by atoms with Crippen LogP contribution in [0, 0.1) is 0 Å². The van der Waals surface area contributed by atoms with Crippen LogP contribution in [0.4, 0.5) is 0 Å². The highest BCUT2D eigenvalue weighted by atomic mass is 32.2. The van der Waals surface area contributed by atoms with Crippen molar-refractivity contribution in [2.75, 3.05) is 31.8 Å². The van der Waals surface area contributed by atoms with Crippen LogP contribution in [-0.4, -0.2) is 153 Å². The van der Waals surface area contributed by atoms with Crippen molar-refractivity contribution in [2.24, 2.45) is 11.5 Å². The molecule has 0 spiro atoms. The highest BCUT2D eigenvalue weighted by Gasteiger charge is 2.40. The Labute approximate surface area is 284 Å². The fourth-order valence-corrected chi connectivity index (χ4v) is 5.04. The van der Waals surface area contributed by atoms with Gasteiger partial charge in [0.15, 0.2) is 0 Å². The summed E-state index contributed by atoms with van der Waals surface area (Å²) in [5.74, 6) is -9.15. The zero-order valence-corrected chi connectivity index (χ0v) is 27.7. The third kappa shape index (κ3) is 13.8. The van der Waals surface area contributed by atoms with Crippen molar-refractivity contribution in [1.82, 2.24) is 31.5 Å². The van der Waals surface area contributed by atoms with E-state index in [1.807, 2.05) is 0 Å². The van der Waals surface area contributed by atoms with Gasteiger partial charge in [-0.15, -0.1) is 0 Å². The minimum Gasteiger partial charge on any atom is -0.481 e. The first-order valence-corrected chi connectivity index (χ1v) is 16.4. The molecule has 276 valence electrons. The van der Waals surface area contributed by atoms with Crippen LogP contribution in [0.25, 0.3) is 0 Å². The average molecular weight is 721 g/mol. The molecule has 0 aromatic rings. The molecular formula is C27H44N8O13S. The van der Waals surface area contributed by atoms with Gasteiger partial charge in [-0.3, -0.25) is 38.4 Å². The van der Waals surface area contributed by atoms with E-state index in [0.717, 1.165) is 4.90 Å². The Bertz CT molecular complexity index is 1250. The highest BCUT2D eigenvalue weighted by Crippen LogP contribution is 2.19. The number of hydrogen-bond acceptors (Lipinski definition) is 13. The molecule has 1 heterocycles. The van der Waals surface area contributed by atoms with Crippen LogP contribution in [0.15, 0.2) is 0 Å². The van der Waals surface area contributed by atoms with Crippen LogP contribution >= 0.6 is 11.8 Å². The Morgan fingerprint density at radius 2 is 1.37 bits per heavy atom. The van der Waals surface area contributed by atoms with Gasteiger partial charge in [0.05, 0.1) is 32.1 Å². The van der Waals surface area contributed by atoms with Gasteiger partial charge in [-0.25, -0.2) is 4.79 Å². The van der Waals surface area contributed by atoms with Crippen LogP contribution in [-0.2, 0) is 43.2 Å². The summed E-state index contributed by atoms with van der Waals surface area (Å²) in [7, 11) is 0. The summed E-state index contributed by atoms with van der Waals surface area (Å²) >= 11 is 1.35. The van der Waals surface area contributed by atoms with Gasteiger partial charge in [-0.05, 0) is 38.2 Å². The third-order valence-corrected chi connectivity index (χ3v) is 7.84. The minimum absolute atomic E-state index is 0.0171. The maximum Gasteiger partial charge on any atom is 0.328 e. The molecule has 1 aliphatic heterocycles. The lowest BCUT2D eigenvalue weighted by Crippen LogP contribution is -2.60. The zero-order chi connectivity index (χ0) is 37.4. The first kappa shape index (κ1) is 42.5. The number of nitrogens with zero attached hydrogens (tertiary/aromatic N) is 1. The molecule has 0 radical (unpaired) electrons. The molecule has 21 nitrogen and oxygen atoms in total. The number of likely N-dealkylation sites (tertiary alicyclic amines) is 1. The van der Waals surface area contributed by atoms with E-state index >= 15 is 0 Å². The van der Waals surface area contributed by atoms with E-state index < -0.39 is 122 Å². The lowest BCUT2D eigenvalue weighted by Gasteiger charge is -2.30. The topological polar surface area (TPSA) is 350 Å². The van der Waals surface area contributed by atoms with Gasteiger partial charge in [0.2, 0.25) is 41.4 Å². The van der Waals surface area contributed by atoms with Crippen LogP contribution in [0.2, 0.25) is 0 Å². The second kappa shape index (κ2) is 20.7. The second-order valence-electron chi connectivity index (χ2n) is 11.0. The summed E-state index contributed by atoms with van der Waals surface area (Å²) in [6.07, 6.45) is 0.753. The van der Waals surface area contributed by atoms with Crippen molar-refractivity contribution in [3.63, 3.8) is 0 Å². The number of carbonyl (C=O) groups excluding carboxylic acids is 7. The maximum atomic E-state index is 13.4. The minimum atomic E-state index is -1.69. The number of carboxylic acids is 2. The van der Waals surface area contributed by atoms with Gasteiger partial charge >= 0.3 is 11.9 Å². The standard InChI is InChI=1S/C27H44N8O13S/c1-12(21(41)34-17(11-37)27(47)48)30-23(43)14(5-7-49-2)31-25(45)18-4-3-6-35(18)26(46)16(10-36)33-24(44)15(9-19(29)38)32-22(42)13(28)8-20(39)40/h12-18,36-37H,3-11,28H2,1-2H3,(H2,29,38)(H,30,43)(H,31,45)(H,32,42)(H,33,44)(H,34,41)(H,39,40)(H,47,48)/t12-,13-,14-,15-,16-,17-,18-/m0/s1. The maximum absolute atomic E-state index is 13.4. The number of carbonyl (C=O) groups is 9. The van der Waals surface area contributed by atoms with Crippen molar-refractivity contribution in [3.8, 4) is 0 Å². The number of primary amides is 1. The smallest absolute Gasteiger partial charge is 0.328 e. The normalized spacial score (nSPS) is 17.7. The Kier molecular flexibility index (Phi) is 18.0. The monoisotopic (exact) mass is 720 g/mol. The Hall–Kier alpha value is -4.54. The van der Waals surface area contributed by atoms with E-state index in [0.29, 0.717) is 12.2 Å². The number of thioether (sulfide) groups is 1. The molecule has 49 heavy (non-hydrogen) atoms. The number of rotatable bonds is 21. The molecule has 7 atom stereocenters. The number of aliphatic hydroxyl groups excluding tert-OH is 2. The third-order valence-electron chi connectivity index (χ3n) is 7.20. The molecule has 0 unspecified atom stereocenters. The van der Waals surface area contributed by atoms with Crippen LogP contribution in [0.5, 0.6) is 0 Å². The molecule has 1 fully saturated rings. The zero-order valence-electron chi connectivity index (χ0n) is 26.9. The second-order valence-corrected chi connectivity index (χ2v) is 12.0. The predicted octanol–water partition coefficient (Wildman–Crippen LogP) is -6.08. The van der Waals surface area contributed by atoms with Crippen molar-refractivity contribution in [1.29, 1.82) is 0 Å². The lowest BCUT2D eigenvalue weighted by atomic mass is 10.1. The summed E-state index contributed by atoms with van der Waals surface area (Å²) in [5.41, 5.74) is 10.7. The highest BCUT2D eigenvalue weighted by molar-refractivity contribution is 7.98. The number of aliphatic carboxylic acids is 2. The number of nitrogens with one attached hydrogen (secondary N) is 5. The van der Waals surface area contributed by atoms with E-state index in [1.165, 1.54) is 18.7 Å². The first-order chi connectivity index (χ1) is 23.0. The molecule has 1 saturated heterocycles. The SMILES string of the molecule is CSCC[C@H](NC(=O)[C@@H]1CCCN1C(=O)[C@H](CO)NC(=O)[C@H](CC(N)=O)NC(=O)[C@@H](N)CC(=O)O)C(=O)N[C@@H](C)C(=O)N[C@@H](CO)C(=O)O. The Morgan fingerprint density at radius 3 is 1.90 bits per heavy atom. The van der Waals surface area contributed by atoms with E-state index in [9.17, 15) is 48.3 Å². The van der Waals surface area contributed by atoms with E-state index in [1.54, 1.807) is 6.26 Å². The van der Waals surface area contributed by atoms with E-state index in [4.69, 9.17) is 26.8 Å². The van der Waals surface area contributed by atoms with Crippen molar-refractivity contribution < 1.29 is 63.6 Å².